The summed E-state index contributed by atoms with van der Waals surface area (Å²) in [6, 6.07) is 5.38. The Morgan fingerprint density at radius 3 is 2.38 bits per heavy atom. The first-order chi connectivity index (χ1) is 11.0. The van der Waals surface area contributed by atoms with E-state index in [0.29, 0.717) is 17.3 Å². The summed E-state index contributed by atoms with van der Waals surface area (Å²) in [5, 5.41) is 3.30. The molecule has 1 amide bonds. The smallest absolute Gasteiger partial charge is 0.400 e. The van der Waals surface area contributed by atoms with E-state index in [9.17, 15) is 4.79 Å². The second kappa shape index (κ2) is 6.79. The van der Waals surface area contributed by atoms with Gasteiger partial charge in [0.15, 0.2) is 0 Å². The number of nitrogens with two attached hydrogens (primary N) is 1. The number of carbonyl (C=O) groups is 1. The molecule has 1 heterocycles. The van der Waals surface area contributed by atoms with Gasteiger partial charge in [0.05, 0.1) is 21.9 Å². The molecule has 0 atom stereocenters. The van der Waals surface area contributed by atoms with Crippen LogP contribution in [-0.4, -0.2) is 30.8 Å². The van der Waals surface area contributed by atoms with Crippen LogP contribution in [0.5, 0.6) is 0 Å². The lowest BCUT2D eigenvalue weighted by Crippen LogP contribution is -2.41. The fraction of sp³-hybridized carbons (Fsp3) is 0.471. The van der Waals surface area contributed by atoms with Gasteiger partial charge in [-0.15, -0.1) is 0 Å². The van der Waals surface area contributed by atoms with Crippen LogP contribution >= 0.6 is 11.6 Å². The van der Waals surface area contributed by atoms with Gasteiger partial charge in [-0.05, 0) is 50.9 Å². The van der Waals surface area contributed by atoms with Crippen LogP contribution in [0.15, 0.2) is 23.7 Å². The van der Waals surface area contributed by atoms with Crippen molar-refractivity contribution in [2.24, 2.45) is 0 Å². The zero-order chi connectivity index (χ0) is 18.1. The summed E-state index contributed by atoms with van der Waals surface area (Å²) in [5.74, 6) is -0.118. The molecule has 1 aromatic rings. The fourth-order valence-corrected chi connectivity index (χ4v) is 2.41. The number of amides is 1. The highest BCUT2D eigenvalue weighted by molar-refractivity contribution is 6.56. The molecule has 3 N–H and O–H groups in total. The van der Waals surface area contributed by atoms with Crippen molar-refractivity contribution in [2.45, 2.75) is 45.8 Å². The normalized spacial score (nSPS) is 19.4. The van der Waals surface area contributed by atoms with E-state index in [4.69, 9.17) is 26.6 Å². The maximum atomic E-state index is 11.3. The number of hydrogen-bond acceptors (Lipinski definition) is 4. The third-order valence-corrected chi connectivity index (χ3v) is 4.81. The number of carbonyl (C=O) groups excluding carboxylic acids is 1. The SMILES string of the molecule is CC(=O)NCC(=Cc1ccc(Cl)c(N)c1)B1OC(C)(C)C(C)(C)O1. The van der Waals surface area contributed by atoms with E-state index in [1.807, 2.05) is 39.8 Å². The molecular weight excluding hydrogens is 326 g/mol. The molecular formula is C17H24BClN2O3. The van der Waals surface area contributed by atoms with Gasteiger partial charge in [0.2, 0.25) is 5.91 Å². The van der Waals surface area contributed by atoms with Crippen molar-refractivity contribution in [1.82, 2.24) is 5.32 Å². The number of benzene rings is 1. The van der Waals surface area contributed by atoms with Crippen LogP contribution in [0.1, 0.15) is 40.2 Å². The van der Waals surface area contributed by atoms with Crippen LogP contribution in [0, 0.1) is 0 Å². The molecule has 130 valence electrons. The molecule has 1 saturated heterocycles. The molecule has 2 rings (SSSR count). The Labute approximate surface area is 148 Å². The Kier molecular flexibility index (Phi) is 5.33. The predicted molar refractivity (Wildman–Crippen MR) is 98.6 cm³/mol. The quantitative estimate of drug-likeness (QED) is 0.646. The third-order valence-electron chi connectivity index (χ3n) is 4.47. The van der Waals surface area contributed by atoms with Crippen molar-refractivity contribution in [3.05, 3.63) is 34.3 Å². The molecule has 0 unspecified atom stereocenters. The minimum Gasteiger partial charge on any atom is -0.400 e. The van der Waals surface area contributed by atoms with Crippen LogP contribution in [0.3, 0.4) is 0 Å². The van der Waals surface area contributed by atoms with E-state index in [-0.39, 0.29) is 5.91 Å². The van der Waals surface area contributed by atoms with Crippen molar-refractivity contribution >= 4 is 36.4 Å². The van der Waals surface area contributed by atoms with Crippen LogP contribution in [-0.2, 0) is 14.1 Å². The second-order valence-electron chi connectivity index (χ2n) is 7.00. The lowest BCUT2D eigenvalue weighted by Gasteiger charge is -2.32. The highest BCUT2D eigenvalue weighted by Gasteiger charge is 2.52. The van der Waals surface area contributed by atoms with E-state index in [1.54, 1.807) is 12.1 Å². The molecule has 5 nitrogen and oxygen atoms in total. The highest BCUT2D eigenvalue weighted by Crippen LogP contribution is 2.38. The van der Waals surface area contributed by atoms with Crippen molar-refractivity contribution in [1.29, 1.82) is 0 Å². The molecule has 1 aliphatic rings. The number of rotatable bonds is 4. The molecule has 1 fully saturated rings. The number of hydrogen-bond donors (Lipinski definition) is 2. The third kappa shape index (κ3) is 4.12. The topological polar surface area (TPSA) is 73.6 Å². The summed E-state index contributed by atoms with van der Waals surface area (Å²) in [6.07, 6.45) is 1.91. The summed E-state index contributed by atoms with van der Waals surface area (Å²) in [7, 11) is -0.543. The molecule has 0 aliphatic carbocycles. The Morgan fingerprint density at radius 2 is 1.88 bits per heavy atom. The fourth-order valence-electron chi connectivity index (χ4n) is 2.29. The maximum Gasteiger partial charge on any atom is 0.492 e. The lowest BCUT2D eigenvalue weighted by atomic mass is 9.77. The van der Waals surface area contributed by atoms with Crippen LogP contribution in [0.4, 0.5) is 5.69 Å². The maximum absolute atomic E-state index is 11.3. The van der Waals surface area contributed by atoms with Crippen LogP contribution in [0.25, 0.3) is 6.08 Å². The Hall–Kier alpha value is -1.50. The van der Waals surface area contributed by atoms with Crippen molar-refractivity contribution < 1.29 is 14.1 Å². The van der Waals surface area contributed by atoms with Crippen molar-refractivity contribution in [3.63, 3.8) is 0 Å². The number of anilines is 1. The summed E-state index contributed by atoms with van der Waals surface area (Å²) >= 11 is 5.97. The second-order valence-corrected chi connectivity index (χ2v) is 7.41. The van der Waals surface area contributed by atoms with Crippen LogP contribution in [0.2, 0.25) is 5.02 Å². The molecule has 1 aliphatic heterocycles. The molecule has 1 aromatic carbocycles. The van der Waals surface area contributed by atoms with Gasteiger partial charge in [0.25, 0.3) is 0 Å². The Balaban J connectivity index is 2.33. The minimum atomic E-state index is -0.543. The highest BCUT2D eigenvalue weighted by atomic mass is 35.5. The molecule has 0 aromatic heterocycles. The largest absolute Gasteiger partial charge is 0.492 e. The first-order valence-electron chi connectivity index (χ1n) is 7.87. The number of nitrogen functional groups attached to an aromatic ring is 1. The molecule has 24 heavy (non-hydrogen) atoms. The predicted octanol–water partition coefficient (Wildman–Crippen LogP) is 3.07. The molecule has 0 saturated carbocycles. The van der Waals surface area contributed by atoms with Gasteiger partial charge in [0, 0.05) is 13.5 Å². The minimum absolute atomic E-state index is 0.118. The summed E-state index contributed by atoms with van der Waals surface area (Å²) in [4.78, 5) is 11.3. The standard InChI is InChI=1S/C17H24BClN2O3/c1-11(22)21-10-13(8-12-6-7-14(19)15(20)9-12)18-23-16(2,3)17(4,5)24-18/h6-9H,10,20H2,1-5H3,(H,21,22). The van der Waals surface area contributed by atoms with Crippen molar-refractivity contribution in [2.75, 3.05) is 12.3 Å². The molecule has 0 spiro atoms. The molecule has 0 bridgehead atoms. The first kappa shape index (κ1) is 18.8. The van der Waals surface area contributed by atoms with Gasteiger partial charge in [-0.3, -0.25) is 4.79 Å². The van der Waals surface area contributed by atoms with Gasteiger partial charge >= 0.3 is 7.12 Å². The van der Waals surface area contributed by atoms with E-state index in [1.165, 1.54) is 6.92 Å². The van der Waals surface area contributed by atoms with E-state index < -0.39 is 18.3 Å². The Bertz CT molecular complexity index is 658. The Morgan fingerprint density at radius 1 is 1.29 bits per heavy atom. The van der Waals surface area contributed by atoms with Gasteiger partial charge < -0.3 is 20.4 Å². The van der Waals surface area contributed by atoms with E-state index in [2.05, 4.69) is 5.32 Å². The van der Waals surface area contributed by atoms with Crippen LogP contribution < -0.4 is 11.1 Å². The number of halogens is 1. The average Bonchev–Trinajstić information content (AvgIpc) is 2.67. The summed E-state index contributed by atoms with van der Waals surface area (Å²) < 4.78 is 12.2. The lowest BCUT2D eigenvalue weighted by molar-refractivity contribution is -0.118. The van der Waals surface area contributed by atoms with Gasteiger partial charge in [-0.2, -0.15) is 0 Å². The first-order valence-corrected chi connectivity index (χ1v) is 8.25. The summed E-state index contributed by atoms with van der Waals surface area (Å²) in [5.41, 5.74) is 7.14. The summed E-state index contributed by atoms with van der Waals surface area (Å²) in [6.45, 7) is 9.76. The zero-order valence-corrected chi connectivity index (χ0v) is 15.5. The molecule has 0 radical (unpaired) electrons. The monoisotopic (exact) mass is 350 g/mol. The zero-order valence-electron chi connectivity index (χ0n) is 14.8. The molecule has 7 heteroatoms. The average molecular weight is 351 g/mol. The van der Waals surface area contributed by atoms with Gasteiger partial charge in [0.1, 0.15) is 0 Å². The van der Waals surface area contributed by atoms with E-state index >= 15 is 0 Å². The number of nitrogens with one attached hydrogen (secondary N) is 1. The van der Waals surface area contributed by atoms with Gasteiger partial charge in [-0.1, -0.05) is 23.7 Å². The van der Waals surface area contributed by atoms with E-state index in [0.717, 1.165) is 11.0 Å². The van der Waals surface area contributed by atoms with Crippen molar-refractivity contribution in [3.8, 4) is 0 Å². The van der Waals surface area contributed by atoms with Gasteiger partial charge in [-0.25, -0.2) is 0 Å².